The molecule has 18 heteroatoms. The summed E-state index contributed by atoms with van der Waals surface area (Å²) in [6.07, 6.45) is 2.59. The van der Waals surface area contributed by atoms with Gasteiger partial charge in [-0.15, -0.1) is 15.6 Å². The second kappa shape index (κ2) is 13.9. The van der Waals surface area contributed by atoms with Crippen LogP contribution in [0.5, 0.6) is 5.75 Å². The van der Waals surface area contributed by atoms with Crippen molar-refractivity contribution in [1.29, 1.82) is 0 Å². The predicted octanol–water partition coefficient (Wildman–Crippen LogP) is 1.80. The number of nitrogens with zero attached hydrogens (tertiary/aromatic N) is 4. The van der Waals surface area contributed by atoms with E-state index in [2.05, 4.69) is 19.4 Å². The number of nitrogens with two attached hydrogens (primary N) is 2. The summed E-state index contributed by atoms with van der Waals surface area (Å²) in [4.78, 5) is 51.4. The molecule has 45 heavy (non-hydrogen) atoms. The van der Waals surface area contributed by atoms with Gasteiger partial charge in [0.25, 0.3) is 12.0 Å². The standard InChI is InChI=1S/C27H34N6O10S2/c1-27(2)18(24(35)33(27)43-45(38,39)40)11-20(34)22(19-14-44-26(29)31-19)32-42-21(25(36)37)13-41-17-9-7-16(8-10-17)23(28)30-12-15-5-3-4-6-15/h7-10,14-15,18,21H,3-6,11-13H2,1-2H3,(H2,28,30)(H2,29,31)(H,36,37)(H,38,39,40)/b32-22-/t18-,21+/m1/s1. The van der Waals surface area contributed by atoms with Gasteiger partial charge >= 0.3 is 16.4 Å². The van der Waals surface area contributed by atoms with E-state index in [0.717, 1.165) is 24.2 Å². The lowest BCUT2D eigenvalue weighted by molar-refractivity contribution is -0.228. The van der Waals surface area contributed by atoms with Crippen molar-refractivity contribution in [3.8, 4) is 5.75 Å². The molecule has 2 heterocycles. The average molecular weight is 667 g/mol. The van der Waals surface area contributed by atoms with Crippen LogP contribution in [0.3, 0.4) is 0 Å². The number of nitrogen functional groups attached to an aromatic ring is 1. The van der Waals surface area contributed by atoms with Gasteiger partial charge in [0.15, 0.2) is 16.6 Å². The van der Waals surface area contributed by atoms with Crippen molar-refractivity contribution in [1.82, 2.24) is 10.0 Å². The molecule has 16 nitrogen and oxygen atoms in total. The Bertz CT molecular complexity index is 1580. The maximum Gasteiger partial charge on any atom is 0.418 e. The minimum Gasteiger partial charge on any atom is -0.489 e. The summed E-state index contributed by atoms with van der Waals surface area (Å²) in [6, 6.07) is 6.61. The number of aliphatic carboxylic acids is 1. The van der Waals surface area contributed by atoms with Crippen LogP contribution in [0.4, 0.5) is 5.13 Å². The molecular weight excluding hydrogens is 632 g/mol. The monoisotopic (exact) mass is 666 g/mol. The predicted molar refractivity (Wildman–Crippen MR) is 162 cm³/mol. The van der Waals surface area contributed by atoms with Crippen LogP contribution < -0.4 is 16.2 Å². The lowest BCUT2D eigenvalue weighted by Gasteiger charge is -2.50. The highest BCUT2D eigenvalue weighted by Gasteiger charge is 2.57. The Morgan fingerprint density at radius 1 is 1.22 bits per heavy atom. The molecule has 0 spiro atoms. The highest BCUT2D eigenvalue weighted by atomic mass is 32.3. The maximum atomic E-state index is 13.3. The van der Waals surface area contributed by atoms with Gasteiger partial charge in [0, 0.05) is 23.9 Å². The lowest BCUT2D eigenvalue weighted by Crippen LogP contribution is -2.68. The van der Waals surface area contributed by atoms with Crippen LogP contribution in [0.15, 0.2) is 39.8 Å². The largest absolute Gasteiger partial charge is 0.489 e. The number of thiazole rings is 1. The van der Waals surface area contributed by atoms with E-state index in [1.165, 1.54) is 32.1 Å². The number of rotatable bonds is 15. The summed E-state index contributed by atoms with van der Waals surface area (Å²) in [5.41, 5.74) is 10.8. The normalized spacial score (nSPS) is 19.7. The van der Waals surface area contributed by atoms with E-state index >= 15 is 0 Å². The molecule has 2 aliphatic rings. The smallest absolute Gasteiger partial charge is 0.418 e. The number of benzene rings is 1. The van der Waals surface area contributed by atoms with Gasteiger partial charge in [-0.25, -0.2) is 9.78 Å². The maximum absolute atomic E-state index is 13.3. The zero-order valence-electron chi connectivity index (χ0n) is 24.5. The van der Waals surface area contributed by atoms with Crippen LogP contribution in [0.25, 0.3) is 0 Å². The molecule has 2 fully saturated rings. The molecule has 1 aromatic heterocycles. The van der Waals surface area contributed by atoms with Gasteiger partial charge in [-0.3, -0.25) is 19.1 Å². The summed E-state index contributed by atoms with van der Waals surface area (Å²) in [6.45, 7) is 3.04. The SMILES string of the molecule is CC1(C)[C@H](CC(=O)/C(=N\O[C@@H](COc2ccc(C(N)=NCC3CCCC3)cc2)C(=O)O)c2csc(N)n2)C(=O)N1OS(=O)(=O)O. The van der Waals surface area contributed by atoms with Gasteiger partial charge in [-0.1, -0.05) is 18.0 Å². The fourth-order valence-corrected chi connectivity index (χ4v) is 5.96. The number of Topliss-reactive ketones (excluding diaryl/α,β-unsaturated/α-hetero) is 1. The van der Waals surface area contributed by atoms with Gasteiger partial charge in [0.2, 0.25) is 0 Å². The number of amidine groups is 1. The molecule has 0 unspecified atom stereocenters. The molecule has 0 bridgehead atoms. The molecule has 1 aromatic carbocycles. The highest BCUT2D eigenvalue weighted by molar-refractivity contribution is 7.80. The van der Waals surface area contributed by atoms with Gasteiger partial charge in [0.1, 0.15) is 23.9 Å². The van der Waals surface area contributed by atoms with Crippen molar-refractivity contribution in [2.75, 3.05) is 18.9 Å². The van der Waals surface area contributed by atoms with Crippen molar-refractivity contribution >= 4 is 56.1 Å². The average Bonchev–Trinajstić information content (AvgIpc) is 3.66. The Balaban J connectivity index is 1.42. The Hall–Kier alpha value is -4.13. The number of ketones is 1. The van der Waals surface area contributed by atoms with E-state index in [0.29, 0.717) is 34.7 Å². The summed E-state index contributed by atoms with van der Waals surface area (Å²) in [7, 11) is -4.98. The molecule has 1 aliphatic heterocycles. The molecule has 1 amide bonds. The van der Waals surface area contributed by atoms with Gasteiger partial charge in [-0.05, 0) is 56.9 Å². The molecule has 244 valence electrons. The summed E-state index contributed by atoms with van der Waals surface area (Å²) >= 11 is 0.986. The number of carboxylic acids is 1. The number of β-lactam (4-membered cyclic amide) rings is 1. The number of carboxylic acid groups (broad SMARTS) is 1. The van der Waals surface area contributed by atoms with Gasteiger partial charge in [0.05, 0.1) is 11.5 Å². The first-order valence-corrected chi connectivity index (χ1v) is 16.2. The van der Waals surface area contributed by atoms with E-state index < -0.39 is 64.4 Å². The molecule has 4 rings (SSSR count). The molecule has 2 aromatic rings. The Morgan fingerprint density at radius 3 is 2.44 bits per heavy atom. The first-order chi connectivity index (χ1) is 21.2. The molecule has 1 saturated carbocycles. The zero-order chi connectivity index (χ0) is 32.9. The van der Waals surface area contributed by atoms with E-state index in [4.69, 9.17) is 25.6 Å². The molecular formula is C27H34N6O10S2. The third-order valence-electron chi connectivity index (χ3n) is 7.55. The number of amides is 1. The number of hydrogen-bond donors (Lipinski definition) is 4. The van der Waals surface area contributed by atoms with Crippen LogP contribution in [0, 0.1) is 11.8 Å². The lowest BCUT2D eigenvalue weighted by atomic mass is 9.74. The van der Waals surface area contributed by atoms with Crippen LogP contribution in [0.1, 0.15) is 57.2 Å². The van der Waals surface area contributed by atoms with E-state index in [1.54, 1.807) is 24.3 Å². The second-order valence-corrected chi connectivity index (χ2v) is 13.0. The van der Waals surface area contributed by atoms with E-state index in [-0.39, 0.29) is 10.8 Å². The third-order valence-corrected chi connectivity index (χ3v) is 8.57. The number of anilines is 1. The minimum absolute atomic E-state index is 0.0223. The number of carbonyl (C=O) groups is 3. The number of ether oxygens (including phenoxy) is 1. The van der Waals surface area contributed by atoms with Gasteiger partial charge < -0.3 is 26.1 Å². The fourth-order valence-electron chi connectivity index (χ4n) is 4.95. The molecule has 1 saturated heterocycles. The summed E-state index contributed by atoms with van der Waals surface area (Å²) < 4.78 is 41.0. The number of aliphatic imine (C=N–C) groups is 1. The summed E-state index contributed by atoms with van der Waals surface area (Å²) in [5, 5.41) is 15.4. The molecule has 2 atom stereocenters. The minimum atomic E-state index is -4.98. The number of oxime groups is 1. The van der Waals surface area contributed by atoms with Crippen molar-refractivity contribution in [2.24, 2.45) is 27.7 Å². The Morgan fingerprint density at radius 2 is 1.89 bits per heavy atom. The second-order valence-electron chi connectivity index (χ2n) is 11.1. The molecule has 6 N–H and O–H groups in total. The quantitative estimate of drug-likeness (QED) is 0.0697. The number of hydrogen-bond acceptors (Lipinski definition) is 13. The third kappa shape index (κ3) is 8.53. The fraction of sp³-hybridized carbons (Fsp3) is 0.481. The Labute approximate surface area is 263 Å². The van der Waals surface area contributed by atoms with Crippen LogP contribution in [-0.2, 0) is 33.9 Å². The first-order valence-electron chi connectivity index (χ1n) is 13.9. The highest BCUT2D eigenvalue weighted by Crippen LogP contribution is 2.40. The number of aromatic nitrogens is 1. The van der Waals surface area contributed by atoms with Crippen molar-refractivity contribution in [2.45, 2.75) is 57.6 Å². The van der Waals surface area contributed by atoms with Gasteiger partial charge in [-0.2, -0.15) is 13.5 Å². The van der Waals surface area contributed by atoms with Crippen molar-refractivity contribution < 1.29 is 46.3 Å². The molecule has 0 radical (unpaired) electrons. The van der Waals surface area contributed by atoms with E-state index in [1.807, 2.05) is 0 Å². The first kappa shape index (κ1) is 33.8. The molecule has 1 aliphatic carbocycles. The zero-order valence-corrected chi connectivity index (χ0v) is 26.1. The summed E-state index contributed by atoms with van der Waals surface area (Å²) in [5.74, 6) is -2.88. The van der Waals surface area contributed by atoms with Crippen molar-refractivity contribution in [3.05, 3.63) is 40.9 Å². The van der Waals surface area contributed by atoms with Crippen LogP contribution in [-0.4, -0.2) is 82.1 Å². The van der Waals surface area contributed by atoms with Crippen LogP contribution >= 0.6 is 11.3 Å². The Kier molecular flexibility index (Phi) is 10.4. The number of carbonyl (C=O) groups excluding carboxylic acids is 2. The van der Waals surface area contributed by atoms with Crippen molar-refractivity contribution in [3.63, 3.8) is 0 Å². The van der Waals surface area contributed by atoms with E-state index in [9.17, 15) is 27.9 Å². The topological polar surface area (TPSA) is 246 Å². The van der Waals surface area contributed by atoms with Crippen LogP contribution in [0.2, 0.25) is 0 Å². The number of hydroxylamine groups is 2.